The van der Waals surface area contributed by atoms with E-state index in [1.165, 1.54) is 24.8 Å². The van der Waals surface area contributed by atoms with Gasteiger partial charge in [-0.25, -0.2) is 0 Å². The summed E-state index contributed by atoms with van der Waals surface area (Å²) in [5.41, 5.74) is 7.23. The lowest BCUT2D eigenvalue weighted by Crippen LogP contribution is -2.18. The maximum Gasteiger partial charge on any atom is 0.0262 e. The second-order valence-corrected chi connectivity index (χ2v) is 4.90. The minimum absolute atomic E-state index is 0.212. The van der Waals surface area contributed by atoms with Crippen molar-refractivity contribution in [3.63, 3.8) is 0 Å². The van der Waals surface area contributed by atoms with Gasteiger partial charge in [-0.3, -0.25) is 0 Å². The summed E-state index contributed by atoms with van der Waals surface area (Å²) in [5.74, 6) is 1.33. The van der Waals surface area contributed by atoms with E-state index in [0.717, 1.165) is 12.3 Å². The Balaban J connectivity index is 2.48. The van der Waals surface area contributed by atoms with Crippen LogP contribution in [-0.2, 0) is 0 Å². The van der Waals surface area contributed by atoms with Gasteiger partial charge in [-0.2, -0.15) is 0 Å². The van der Waals surface area contributed by atoms with Gasteiger partial charge in [0.15, 0.2) is 0 Å². The lowest BCUT2D eigenvalue weighted by Gasteiger charge is -2.20. The molecule has 0 radical (unpaired) electrons. The van der Waals surface area contributed by atoms with Crippen LogP contribution >= 0.6 is 0 Å². The second-order valence-electron chi connectivity index (χ2n) is 4.90. The summed E-state index contributed by atoms with van der Waals surface area (Å²) in [6.45, 7) is 8.53. The summed E-state index contributed by atoms with van der Waals surface area (Å²) < 4.78 is 0. The number of allylic oxidation sites excluding steroid dienone is 3. The zero-order valence-corrected chi connectivity index (χ0v) is 10.7. The minimum atomic E-state index is 0.212. The van der Waals surface area contributed by atoms with Crippen LogP contribution in [0.4, 0.5) is 0 Å². The van der Waals surface area contributed by atoms with E-state index in [-0.39, 0.29) is 6.04 Å². The summed E-state index contributed by atoms with van der Waals surface area (Å²) in [7, 11) is 0. The van der Waals surface area contributed by atoms with Crippen molar-refractivity contribution in [1.82, 2.24) is 0 Å². The summed E-state index contributed by atoms with van der Waals surface area (Å²) in [6, 6.07) is 0.212. The molecular weight excluding hydrogens is 194 g/mol. The average molecular weight is 219 g/mol. The van der Waals surface area contributed by atoms with E-state index in [2.05, 4.69) is 44.7 Å². The Bertz CT molecular complexity index is 275. The lowest BCUT2D eigenvalue weighted by molar-refractivity contribution is 0.468. The first-order valence-electron chi connectivity index (χ1n) is 6.43. The Kier molecular flexibility index (Phi) is 5.54. The van der Waals surface area contributed by atoms with E-state index in [4.69, 9.17) is 5.73 Å². The molecule has 0 aromatic rings. The quantitative estimate of drug-likeness (QED) is 0.675. The van der Waals surface area contributed by atoms with Crippen LogP contribution in [0.2, 0.25) is 0 Å². The Morgan fingerprint density at radius 1 is 1.56 bits per heavy atom. The third kappa shape index (κ3) is 3.97. The molecule has 0 aromatic carbocycles. The smallest absolute Gasteiger partial charge is 0.0262 e. The molecule has 1 aliphatic carbocycles. The molecule has 1 nitrogen and oxygen atoms in total. The maximum absolute atomic E-state index is 5.83. The Hall–Kier alpha value is -0.820. The van der Waals surface area contributed by atoms with Crippen LogP contribution in [0.5, 0.6) is 0 Å². The maximum atomic E-state index is 5.83. The first-order chi connectivity index (χ1) is 7.67. The molecule has 16 heavy (non-hydrogen) atoms. The van der Waals surface area contributed by atoms with Crippen molar-refractivity contribution in [3.05, 3.63) is 36.5 Å². The van der Waals surface area contributed by atoms with Crippen molar-refractivity contribution in [3.8, 4) is 0 Å². The standard InChI is InChI=1S/C15H25N/c1-4-12(3)6-7-13(5-2)14-8-10-15(16)11-9-14/h5,8-10,12-13,15H,2,4,6-7,11,16H2,1,3H3/t12-,13?,15?/m1/s1. The normalized spacial score (nSPS) is 23.7. The zero-order valence-electron chi connectivity index (χ0n) is 10.7. The third-order valence-corrected chi connectivity index (χ3v) is 3.54. The number of rotatable bonds is 6. The van der Waals surface area contributed by atoms with E-state index >= 15 is 0 Å². The Labute approximate surface area is 100 Å². The average Bonchev–Trinajstić information content (AvgIpc) is 2.31. The SMILES string of the molecule is C=CC(CC[C@H](C)CC)C1=CCC(N)C=C1. The summed E-state index contributed by atoms with van der Waals surface area (Å²) in [4.78, 5) is 0. The molecule has 2 N–H and O–H groups in total. The molecule has 0 saturated carbocycles. The van der Waals surface area contributed by atoms with Crippen molar-refractivity contribution >= 4 is 0 Å². The van der Waals surface area contributed by atoms with E-state index in [9.17, 15) is 0 Å². The predicted octanol–water partition coefficient (Wildman–Crippen LogP) is 3.83. The second kappa shape index (κ2) is 6.70. The van der Waals surface area contributed by atoms with Gasteiger partial charge in [-0.1, -0.05) is 44.6 Å². The fourth-order valence-electron chi connectivity index (χ4n) is 2.02. The van der Waals surface area contributed by atoms with Crippen molar-refractivity contribution < 1.29 is 0 Å². The predicted molar refractivity (Wildman–Crippen MR) is 72.2 cm³/mol. The first kappa shape index (κ1) is 13.2. The van der Waals surface area contributed by atoms with Gasteiger partial charge >= 0.3 is 0 Å². The third-order valence-electron chi connectivity index (χ3n) is 3.54. The van der Waals surface area contributed by atoms with Crippen molar-refractivity contribution in [1.29, 1.82) is 0 Å². The van der Waals surface area contributed by atoms with Crippen LogP contribution in [0.1, 0.15) is 39.5 Å². The molecule has 3 atom stereocenters. The molecule has 0 spiro atoms. The highest BCUT2D eigenvalue weighted by Gasteiger charge is 2.13. The summed E-state index contributed by atoms with van der Waals surface area (Å²) >= 11 is 0. The molecular formula is C15H25N. The van der Waals surface area contributed by atoms with Gasteiger partial charge < -0.3 is 5.73 Å². The molecule has 0 aliphatic heterocycles. The van der Waals surface area contributed by atoms with Gasteiger partial charge in [0, 0.05) is 12.0 Å². The number of hydrogen-bond donors (Lipinski definition) is 1. The first-order valence-corrected chi connectivity index (χ1v) is 6.43. The van der Waals surface area contributed by atoms with E-state index < -0.39 is 0 Å². The highest BCUT2D eigenvalue weighted by Crippen LogP contribution is 2.25. The molecule has 1 heteroatoms. The summed E-state index contributed by atoms with van der Waals surface area (Å²) in [5, 5.41) is 0. The van der Waals surface area contributed by atoms with Crippen molar-refractivity contribution in [2.45, 2.75) is 45.6 Å². The van der Waals surface area contributed by atoms with E-state index in [1.807, 2.05) is 0 Å². The summed E-state index contributed by atoms with van der Waals surface area (Å²) in [6.07, 6.45) is 13.4. The Morgan fingerprint density at radius 3 is 2.81 bits per heavy atom. The molecule has 0 aromatic heterocycles. The van der Waals surface area contributed by atoms with Gasteiger partial charge in [-0.05, 0) is 30.8 Å². The monoisotopic (exact) mass is 219 g/mol. The zero-order chi connectivity index (χ0) is 12.0. The fourth-order valence-corrected chi connectivity index (χ4v) is 2.02. The molecule has 0 bridgehead atoms. The molecule has 0 amide bonds. The fraction of sp³-hybridized carbons (Fsp3) is 0.600. The molecule has 2 unspecified atom stereocenters. The van der Waals surface area contributed by atoms with Crippen LogP contribution in [0.25, 0.3) is 0 Å². The molecule has 0 fully saturated rings. The van der Waals surface area contributed by atoms with Crippen LogP contribution in [0.15, 0.2) is 36.5 Å². The largest absolute Gasteiger partial charge is 0.324 e. The van der Waals surface area contributed by atoms with E-state index in [0.29, 0.717) is 5.92 Å². The molecule has 0 heterocycles. The number of nitrogens with two attached hydrogens (primary N) is 1. The molecule has 90 valence electrons. The van der Waals surface area contributed by atoms with Gasteiger partial charge in [0.1, 0.15) is 0 Å². The highest BCUT2D eigenvalue weighted by atomic mass is 14.6. The van der Waals surface area contributed by atoms with Crippen LogP contribution in [0.3, 0.4) is 0 Å². The molecule has 1 aliphatic rings. The Morgan fingerprint density at radius 2 is 2.31 bits per heavy atom. The van der Waals surface area contributed by atoms with Crippen molar-refractivity contribution in [2.75, 3.05) is 0 Å². The van der Waals surface area contributed by atoms with Gasteiger partial charge in [0.2, 0.25) is 0 Å². The molecule has 0 saturated heterocycles. The van der Waals surface area contributed by atoms with E-state index in [1.54, 1.807) is 0 Å². The minimum Gasteiger partial charge on any atom is -0.324 e. The van der Waals surface area contributed by atoms with Gasteiger partial charge in [-0.15, -0.1) is 6.58 Å². The lowest BCUT2D eigenvalue weighted by atomic mass is 9.87. The van der Waals surface area contributed by atoms with Crippen LogP contribution in [0, 0.1) is 11.8 Å². The van der Waals surface area contributed by atoms with Gasteiger partial charge in [0.25, 0.3) is 0 Å². The van der Waals surface area contributed by atoms with Gasteiger partial charge in [0.05, 0.1) is 0 Å². The van der Waals surface area contributed by atoms with Crippen molar-refractivity contribution in [2.24, 2.45) is 17.6 Å². The highest BCUT2D eigenvalue weighted by molar-refractivity contribution is 5.29. The topological polar surface area (TPSA) is 26.0 Å². The molecule has 1 rings (SSSR count). The van der Waals surface area contributed by atoms with Crippen LogP contribution < -0.4 is 5.73 Å². The number of hydrogen-bond acceptors (Lipinski definition) is 1. The van der Waals surface area contributed by atoms with Crippen LogP contribution in [-0.4, -0.2) is 6.04 Å².